The van der Waals surface area contributed by atoms with Crippen molar-refractivity contribution in [2.24, 2.45) is 0 Å². The van der Waals surface area contributed by atoms with E-state index in [0.717, 1.165) is 11.1 Å². The molecule has 1 N–H and O–H groups in total. The lowest BCUT2D eigenvalue weighted by Crippen LogP contribution is -2.37. The van der Waals surface area contributed by atoms with E-state index >= 15 is 0 Å². The van der Waals surface area contributed by atoms with Crippen molar-refractivity contribution in [3.8, 4) is 0 Å². The molecule has 5 nitrogen and oxygen atoms in total. The van der Waals surface area contributed by atoms with E-state index in [9.17, 15) is 13.2 Å². The topological polar surface area (TPSA) is 76.1 Å². The third-order valence-electron chi connectivity index (χ3n) is 3.48. The van der Waals surface area contributed by atoms with Gasteiger partial charge in [0.05, 0.1) is 0 Å². The maximum Gasteiger partial charge on any atom is 0.238 e. The van der Waals surface area contributed by atoms with Crippen LogP contribution in [0.15, 0.2) is 53.7 Å². The second kappa shape index (κ2) is 6.70. The normalized spacial score (nSPS) is 12.6. The van der Waals surface area contributed by atoms with Crippen LogP contribution in [0.25, 0.3) is 0 Å². The molecular formula is C16H18N2O3S. The summed E-state index contributed by atoms with van der Waals surface area (Å²) in [4.78, 5) is 15.9. The Hall–Kier alpha value is -2.21. The minimum absolute atomic E-state index is 0.0893. The number of benzene rings is 1. The van der Waals surface area contributed by atoms with Crippen LogP contribution in [-0.4, -0.2) is 24.6 Å². The number of rotatable bonds is 5. The molecular weight excluding hydrogens is 300 g/mol. The van der Waals surface area contributed by atoms with Crippen LogP contribution in [0.3, 0.4) is 0 Å². The highest BCUT2D eigenvalue weighted by Gasteiger charge is 2.30. The van der Waals surface area contributed by atoms with Gasteiger partial charge < -0.3 is 5.32 Å². The molecule has 0 saturated heterocycles. The monoisotopic (exact) mass is 318 g/mol. The van der Waals surface area contributed by atoms with E-state index in [4.69, 9.17) is 0 Å². The van der Waals surface area contributed by atoms with Gasteiger partial charge in [0, 0.05) is 12.7 Å². The molecule has 6 heteroatoms. The SMILES string of the molecule is Cc1ccccc1CNC(=O)[C@@H](C)S(=O)(=O)c1ccccn1. The first kappa shape index (κ1) is 16.2. The Balaban J connectivity index is 2.08. The van der Waals surface area contributed by atoms with E-state index in [0.29, 0.717) is 6.54 Å². The summed E-state index contributed by atoms with van der Waals surface area (Å²) < 4.78 is 24.7. The van der Waals surface area contributed by atoms with E-state index in [1.807, 2.05) is 31.2 Å². The van der Waals surface area contributed by atoms with Gasteiger partial charge in [0.15, 0.2) is 5.03 Å². The van der Waals surface area contributed by atoms with Gasteiger partial charge in [-0.1, -0.05) is 30.3 Å². The zero-order valence-electron chi connectivity index (χ0n) is 12.5. The summed E-state index contributed by atoms with van der Waals surface area (Å²) in [7, 11) is -3.78. The van der Waals surface area contributed by atoms with Crippen LogP contribution in [-0.2, 0) is 21.2 Å². The largest absolute Gasteiger partial charge is 0.351 e. The molecule has 0 radical (unpaired) electrons. The van der Waals surface area contributed by atoms with Gasteiger partial charge in [-0.15, -0.1) is 0 Å². The molecule has 0 fully saturated rings. The summed E-state index contributed by atoms with van der Waals surface area (Å²) in [6.45, 7) is 3.61. The number of pyridine rings is 1. The van der Waals surface area contributed by atoms with Crippen LogP contribution in [0.2, 0.25) is 0 Å². The van der Waals surface area contributed by atoms with Crippen LogP contribution < -0.4 is 5.32 Å². The van der Waals surface area contributed by atoms with Crippen molar-refractivity contribution in [1.29, 1.82) is 0 Å². The maximum atomic E-state index is 12.3. The molecule has 1 aromatic carbocycles. The molecule has 0 saturated carbocycles. The fourth-order valence-corrected chi connectivity index (χ4v) is 3.18. The first-order chi connectivity index (χ1) is 10.4. The minimum Gasteiger partial charge on any atom is -0.351 e. The predicted molar refractivity (Wildman–Crippen MR) is 83.9 cm³/mol. The fourth-order valence-electron chi connectivity index (χ4n) is 1.97. The molecule has 0 unspecified atom stereocenters. The molecule has 0 spiro atoms. The highest BCUT2D eigenvalue weighted by Crippen LogP contribution is 2.13. The summed E-state index contributed by atoms with van der Waals surface area (Å²) in [5, 5.41) is 1.39. The van der Waals surface area contributed by atoms with Gasteiger partial charge in [-0.2, -0.15) is 0 Å². The van der Waals surface area contributed by atoms with E-state index in [-0.39, 0.29) is 5.03 Å². The predicted octanol–water partition coefficient (Wildman–Crippen LogP) is 1.87. The number of nitrogens with one attached hydrogen (secondary N) is 1. The van der Waals surface area contributed by atoms with Crippen LogP contribution in [0.4, 0.5) is 0 Å². The second-order valence-electron chi connectivity index (χ2n) is 5.00. The summed E-state index contributed by atoms with van der Waals surface area (Å²) >= 11 is 0. The first-order valence-electron chi connectivity index (χ1n) is 6.90. The molecule has 2 rings (SSSR count). The zero-order chi connectivity index (χ0) is 16.2. The average molecular weight is 318 g/mol. The Kier molecular flexibility index (Phi) is 4.92. The smallest absolute Gasteiger partial charge is 0.238 e. The quantitative estimate of drug-likeness (QED) is 0.913. The van der Waals surface area contributed by atoms with E-state index in [2.05, 4.69) is 10.3 Å². The lowest BCUT2D eigenvalue weighted by molar-refractivity contribution is -0.120. The van der Waals surface area contributed by atoms with E-state index < -0.39 is 21.0 Å². The summed E-state index contributed by atoms with van der Waals surface area (Å²) in [5.74, 6) is -0.533. The Morgan fingerprint density at radius 1 is 1.18 bits per heavy atom. The van der Waals surface area contributed by atoms with Crippen LogP contribution in [0, 0.1) is 6.92 Å². The number of aryl methyl sites for hydroxylation is 1. The van der Waals surface area contributed by atoms with Gasteiger partial charge >= 0.3 is 0 Å². The Bertz CT molecular complexity index is 758. The molecule has 1 aromatic heterocycles. The van der Waals surface area contributed by atoms with E-state index in [1.165, 1.54) is 19.2 Å². The maximum absolute atomic E-state index is 12.3. The molecule has 1 atom stereocenters. The Morgan fingerprint density at radius 2 is 1.86 bits per heavy atom. The summed E-state index contributed by atoms with van der Waals surface area (Å²) in [5.41, 5.74) is 2.00. The average Bonchev–Trinajstić information content (AvgIpc) is 2.54. The molecule has 22 heavy (non-hydrogen) atoms. The number of sulfone groups is 1. The van der Waals surface area contributed by atoms with E-state index in [1.54, 1.807) is 12.1 Å². The van der Waals surface area contributed by atoms with Crippen LogP contribution in [0.5, 0.6) is 0 Å². The van der Waals surface area contributed by atoms with Crippen molar-refractivity contribution in [3.63, 3.8) is 0 Å². The van der Waals surface area contributed by atoms with Gasteiger partial charge in [0.2, 0.25) is 15.7 Å². The molecule has 1 amide bonds. The number of nitrogens with zero attached hydrogens (tertiary/aromatic N) is 1. The molecule has 0 aliphatic heterocycles. The molecule has 0 aliphatic carbocycles. The first-order valence-corrected chi connectivity index (χ1v) is 8.44. The zero-order valence-corrected chi connectivity index (χ0v) is 13.3. The van der Waals surface area contributed by atoms with Gasteiger partial charge in [-0.25, -0.2) is 13.4 Å². The molecule has 1 heterocycles. The van der Waals surface area contributed by atoms with Gasteiger partial charge in [0.1, 0.15) is 5.25 Å². The number of amides is 1. The molecule has 0 bridgehead atoms. The fraction of sp³-hybridized carbons (Fsp3) is 0.250. The molecule has 2 aromatic rings. The lowest BCUT2D eigenvalue weighted by atomic mass is 10.1. The van der Waals surface area contributed by atoms with Gasteiger partial charge in [0.25, 0.3) is 0 Å². The van der Waals surface area contributed by atoms with Crippen molar-refractivity contribution >= 4 is 15.7 Å². The van der Waals surface area contributed by atoms with Crippen molar-refractivity contribution in [2.45, 2.75) is 30.7 Å². The standard InChI is InChI=1S/C16H18N2O3S/c1-12-7-3-4-8-14(12)11-18-16(19)13(2)22(20,21)15-9-5-6-10-17-15/h3-10,13H,11H2,1-2H3,(H,18,19)/t13-/m1/s1. The number of aromatic nitrogens is 1. The number of carbonyl (C=O) groups is 1. The molecule has 0 aliphatic rings. The number of carbonyl (C=O) groups excluding carboxylic acids is 1. The Morgan fingerprint density at radius 3 is 2.50 bits per heavy atom. The highest BCUT2D eigenvalue weighted by atomic mass is 32.2. The van der Waals surface area contributed by atoms with Crippen LogP contribution in [0.1, 0.15) is 18.1 Å². The highest BCUT2D eigenvalue weighted by molar-refractivity contribution is 7.92. The second-order valence-corrected chi connectivity index (χ2v) is 7.21. The van der Waals surface area contributed by atoms with Crippen molar-refractivity contribution < 1.29 is 13.2 Å². The Labute approximate surface area is 130 Å². The molecule has 116 valence electrons. The number of hydrogen-bond acceptors (Lipinski definition) is 4. The van der Waals surface area contributed by atoms with Crippen molar-refractivity contribution in [3.05, 3.63) is 59.8 Å². The van der Waals surface area contributed by atoms with Crippen LogP contribution >= 0.6 is 0 Å². The third kappa shape index (κ3) is 3.51. The lowest BCUT2D eigenvalue weighted by Gasteiger charge is -2.13. The van der Waals surface area contributed by atoms with Crippen molar-refractivity contribution in [2.75, 3.05) is 0 Å². The third-order valence-corrected chi connectivity index (χ3v) is 5.45. The summed E-state index contributed by atoms with van der Waals surface area (Å²) in [6.07, 6.45) is 1.39. The minimum atomic E-state index is -3.78. The van der Waals surface area contributed by atoms with Gasteiger partial charge in [-0.05, 0) is 37.1 Å². The summed E-state index contributed by atoms with van der Waals surface area (Å²) in [6, 6.07) is 12.2. The van der Waals surface area contributed by atoms with Crippen molar-refractivity contribution in [1.82, 2.24) is 10.3 Å². The van der Waals surface area contributed by atoms with Gasteiger partial charge in [-0.3, -0.25) is 4.79 Å². The number of hydrogen-bond donors (Lipinski definition) is 1.